The lowest BCUT2D eigenvalue weighted by Gasteiger charge is -2.25. The molecule has 1 aliphatic heterocycles. The Morgan fingerprint density at radius 2 is 1.94 bits per heavy atom. The molecule has 1 fully saturated rings. The molecule has 1 atom stereocenters. The summed E-state index contributed by atoms with van der Waals surface area (Å²) in [7, 11) is -3.29. The Balaban J connectivity index is 2.23. The van der Waals surface area contributed by atoms with E-state index < -0.39 is 21.2 Å². The molecule has 1 unspecified atom stereocenters. The number of benzene rings is 1. The molecule has 0 radical (unpaired) electrons. The molecule has 0 aromatic heterocycles. The lowest BCUT2D eigenvalue weighted by molar-refractivity contribution is 0.0416. The Hall–Kier alpha value is -0.950. The van der Waals surface area contributed by atoms with E-state index in [9.17, 15) is 13.5 Å². The highest BCUT2D eigenvalue weighted by molar-refractivity contribution is 7.92. The summed E-state index contributed by atoms with van der Waals surface area (Å²) in [5, 5.41) is 9.06. The number of hydrogen-bond acceptors (Lipinski definition) is 5. The molecule has 0 saturated carbocycles. The van der Waals surface area contributed by atoms with Gasteiger partial charge in [-0.05, 0) is 17.7 Å². The zero-order valence-corrected chi connectivity index (χ0v) is 10.1. The highest BCUT2D eigenvalue weighted by atomic mass is 32.2. The van der Waals surface area contributed by atoms with E-state index in [1.807, 2.05) is 0 Å². The van der Waals surface area contributed by atoms with Crippen molar-refractivity contribution in [2.24, 2.45) is 5.73 Å². The zero-order chi connectivity index (χ0) is 12.5. The highest BCUT2D eigenvalue weighted by Gasteiger charge is 2.33. The molecule has 5 nitrogen and oxygen atoms in total. The van der Waals surface area contributed by atoms with E-state index in [1.165, 1.54) is 12.1 Å². The van der Waals surface area contributed by atoms with Crippen molar-refractivity contribution >= 4 is 9.84 Å². The summed E-state index contributed by atoms with van der Waals surface area (Å²) >= 11 is 0. The fourth-order valence-corrected chi connectivity index (χ4v) is 3.05. The number of rotatable bonds is 4. The van der Waals surface area contributed by atoms with Crippen LogP contribution in [0, 0.1) is 0 Å². The van der Waals surface area contributed by atoms with E-state index in [0.29, 0.717) is 5.56 Å². The molecule has 3 N–H and O–H groups in total. The molecule has 1 aromatic rings. The number of sulfone groups is 1. The van der Waals surface area contributed by atoms with Crippen LogP contribution in [0.4, 0.5) is 0 Å². The van der Waals surface area contributed by atoms with Crippen LogP contribution in [0.5, 0.6) is 0 Å². The van der Waals surface area contributed by atoms with E-state index >= 15 is 0 Å². The number of aliphatic hydroxyl groups is 1. The number of aliphatic hydroxyl groups excluding tert-OH is 1. The first-order chi connectivity index (χ1) is 8.05. The van der Waals surface area contributed by atoms with Crippen molar-refractivity contribution in [2.45, 2.75) is 16.2 Å². The van der Waals surface area contributed by atoms with Crippen LogP contribution in [-0.4, -0.2) is 38.5 Å². The van der Waals surface area contributed by atoms with Gasteiger partial charge in [0.15, 0.2) is 9.84 Å². The largest absolute Gasteiger partial charge is 0.387 e. The van der Waals surface area contributed by atoms with Gasteiger partial charge < -0.3 is 15.6 Å². The molecule has 0 amide bonds. The average Bonchev–Trinajstić information content (AvgIpc) is 2.25. The topological polar surface area (TPSA) is 89.6 Å². The molecule has 1 aromatic carbocycles. The Labute approximate surface area is 100 Å². The van der Waals surface area contributed by atoms with Crippen LogP contribution >= 0.6 is 0 Å². The fraction of sp³-hybridized carbons (Fsp3) is 0.455. The molecule has 0 spiro atoms. The molecule has 17 heavy (non-hydrogen) atoms. The molecule has 94 valence electrons. The summed E-state index contributed by atoms with van der Waals surface area (Å²) in [5.41, 5.74) is 5.94. The van der Waals surface area contributed by atoms with Crippen molar-refractivity contribution in [1.82, 2.24) is 0 Å². The average molecular weight is 257 g/mol. The van der Waals surface area contributed by atoms with Gasteiger partial charge in [-0.3, -0.25) is 0 Å². The van der Waals surface area contributed by atoms with Crippen LogP contribution in [-0.2, 0) is 14.6 Å². The summed E-state index contributed by atoms with van der Waals surface area (Å²) in [4.78, 5) is 0.263. The minimum atomic E-state index is -3.29. The summed E-state index contributed by atoms with van der Waals surface area (Å²) in [6.45, 7) is 0.633. The molecule has 1 aliphatic rings. The predicted octanol–water partition coefficient (Wildman–Crippen LogP) is -0.149. The second kappa shape index (κ2) is 4.73. The monoisotopic (exact) mass is 257 g/mol. The minimum Gasteiger partial charge on any atom is -0.387 e. The molecular formula is C11H15NO4S. The molecule has 2 rings (SSSR count). The van der Waals surface area contributed by atoms with Gasteiger partial charge in [-0.2, -0.15) is 0 Å². The first kappa shape index (κ1) is 12.5. The lowest BCUT2D eigenvalue weighted by atomic mass is 10.1. The standard InChI is InChI=1S/C11H15NO4S/c12-5-11(13)8-1-3-9(4-2-8)17(14,15)10-6-16-7-10/h1-4,10-11,13H,5-7,12H2. The van der Waals surface area contributed by atoms with Gasteiger partial charge in [0.25, 0.3) is 0 Å². The first-order valence-electron chi connectivity index (χ1n) is 5.35. The van der Waals surface area contributed by atoms with Crippen molar-refractivity contribution in [3.63, 3.8) is 0 Å². The first-order valence-corrected chi connectivity index (χ1v) is 6.90. The van der Waals surface area contributed by atoms with Gasteiger partial charge in [0.2, 0.25) is 0 Å². The van der Waals surface area contributed by atoms with Crippen LogP contribution in [0.2, 0.25) is 0 Å². The van der Waals surface area contributed by atoms with E-state index in [2.05, 4.69) is 0 Å². The third kappa shape index (κ3) is 2.35. The highest BCUT2D eigenvalue weighted by Crippen LogP contribution is 2.23. The van der Waals surface area contributed by atoms with Crippen LogP contribution in [0.25, 0.3) is 0 Å². The van der Waals surface area contributed by atoms with E-state index in [0.717, 1.165) is 0 Å². The lowest BCUT2D eigenvalue weighted by Crippen LogP contribution is -2.40. The van der Waals surface area contributed by atoms with Gasteiger partial charge in [-0.15, -0.1) is 0 Å². The maximum atomic E-state index is 12.0. The number of hydrogen-bond donors (Lipinski definition) is 2. The Bertz CT molecular complexity index is 479. The normalized spacial score (nSPS) is 18.7. The minimum absolute atomic E-state index is 0.114. The maximum absolute atomic E-state index is 12.0. The predicted molar refractivity (Wildman–Crippen MR) is 62.2 cm³/mol. The van der Waals surface area contributed by atoms with Crippen molar-refractivity contribution in [3.05, 3.63) is 29.8 Å². The van der Waals surface area contributed by atoms with E-state index in [4.69, 9.17) is 10.5 Å². The summed E-state index contributed by atoms with van der Waals surface area (Å²) in [6, 6.07) is 6.18. The zero-order valence-electron chi connectivity index (χ0n) is 9.24. The van der Waals surface area contributed by atoms with Crippen LogP contribution in [0.3, 0.4) is 0 Å². The smallest absolute Gasteiger partial charge is 0.185 e. The molecule has 1 saturated heterocycles. The van der Waals surface area contributed by atoms with Gasteiger partial charge in [0.05, 0.1) is 24.2 Å². The van der Waals surface area contributed by atoms with Gasteiger partial charge in [-0.25, -0.2) is 8.42 Å². The second-order valence-electron chi connectivity index (χ2n) is 4.03. The van der Waals surface area contributed by atoms with Crippen LogP contribution < -0.4 is 5.73 Å². The molecule has 6 heteroatoms. The molecule has 0 aliphatic carbocycles. The van der Waals surface area contributed by atoms with Gasteiger partial charge in [0, 0.05) is 6.54 Å². The van der Waals surface area contributed by atoms with Gasteiger partial charge >= 0.3 is 0 Å². The quantitative estimate of drug-likeness (QED) is 0.783. The van der Waals surface area contributed by atoms with Gasteiger partial charge in [-0.1, -0.05) is 12.1 Å². The van der Waals surface area contributed by atoms with E-state index in [-0.39, 0.29) is 24.7 Å². The van der Waals surface area contributed by atoms with Gasteiger partial charge in [0.1, 0.15) is 5.25 Å². The van der Waals surface area contributed by atoms with Crippen molar-refractivity contribution in [2.75, 3.05) is 19.8 Å². The Morgan fingerprint density at radius 1 is 1.35 bits per heavy atom. The summed E-state index contributed by atoms with van der Waals surface area (Å²) < 4.78 is 28.9. The molecule has 0 bridgehead atoms. The van der Waals surface area contributed by atoms with Crippen molar-refractivity contribution in [3.8, 4) is 0 Å². The SMILES string of the molecule is NCC(O)c1ccc(S(=O)(=O)C2COC2)cc1. The summed E-state index contributed by atoms with van der Waals surface area (Å²) in [6.07, 6.45) is -0.751. The Kier molecular flexibility index (Phi) is 3.48. The number of nitrogens with two attached hydrogens (primary N) is 1. The van der Waals surface area contributed by atoms with Crippen molar-refractivity contribution < 1.29 is 18.3 Å². The van der Waals surface area contributed by atoms with Crippen molar-refractivity contribution in [1.29, 1.82) is 0 Å². The fourth-order valence-electron chi connectivity index (χ4n) is 1.60. The molecule has 1 heterocycles. The third-order valence-electron chi connectivity index (χ3n) is 2.86. The molecular weight excluding hydrogens is 242 g/mol. The third-order valence-corrected chi connectivity index (χ3v) is 4.94. The Morgan fingerprint density at radius 3 is 2.35 bits per heavy atom. The number of ether oxygens (including phenoxy) is 1. The summed E-state index contributed by atoms with van der Waals surface area (Å²) in [5.74, 6) is 0. The van der Waals surface area contributed by atoms with E-state index in [1.54, 1.807) is 12.1 Å². The van der Waals surface area contributed by atoms with Crippen LogP contribution in [0.1, 0.15) is 11.7 Å². The second-order valence-corrected chi connectivity index (χ2v) is 6.25. The van der Waals surface area contributed by atoms with Crippen LogP contribution in [0.15, 0.2) is 29.2 Å². The maximum Gasteiger partial charge on any atom is 0.185 e.